The van der Waals surface area contributed by atoms with Gasteiger partial charge in [-0.1, -0.05) is 12.8 Å². The summed E-state index contributed by atoms with van der Waals surface area (Å²) >= 11 is 0. The Morgan fingerprint density at radius 3 is 1.35 bits per heavy atom. The van der Waals surface area contributed by atoms with Gasteiger partial charge in [-0.25, -0.2) is 9.59 Å². The van der Waals surface area contributed by atoms with Gasteiger partial charge in [0, 0.05) is 14.1 Å². The molecule has 4 fully saturated rings. The summed E-state index contributed by atoms with van der Waals surface area (Å²) in [7, 11) is 3.68. The van der Waals surface area contributed by atoms with E-state index in [1.807, 2.05) is 23.9 Å². The van der Waals surface area contributed by atoms with Crippen LogP contribution < -0.4 is 0 Å². The smallest absolute Gasteiger partial charge is 0.303 e. The fourth-order valence-corrected chi connectivity index (χ4v) is 4.92. The lowest BCUT2D eigenvalue weighted by molar-refractivity contribution is 0.0675. The molecule has 0 bridgehead atoms. The van der Waals surface area contributed by atoms with Gasteiger partial charge >= 0.3 is 12.1 Å². The zero-order chi connectivity index (χ0) is 18.3. The molecular weight excluding hydrogens is 332 g/mol. The Labute approximate surface area is 156 Å². The lowest BCUT2D eigenvalue weighted by Gasteiger charge is -2.34. The number of amides is 4. The van der Waals surface area contributed by atoms with Crippen molar-refractivity contribution in [1.29, 1.82) is 0 Å². The normalized spacial score (nSPS) is 31.3. The van der Waals surface area contributed by atoms with Crippen molar-refractivity contribution in [2.45, 2.75) is 50.9 Å². The summed E-state index contributed by atoms with van der Waals surface area (Å²) in [5.41, 5.74) is 0. The van der Waals surface area contributed by atoms with Crippen LogP contribution in [0.25, 0.3) is 0 Å². The molecule has 4 saturated heterocycles. The summed E-state index contributed by atoms with van der Waals surface area (Å²) in [6, 6.07) is 0.0714. The maximum Gasteiger partial charge on any atom is 0.324 e. The maximum absolute atomic E-state index is 12.9. The number of likely N-dealkylation sites (N-methyl/N-ethyl adjacent to an activating group) is 2. The number of hydrogen-bond donors (Lipinski definition) is 0. The van der Waals surface area contributed by atoms with Crippen LogP contribution in [0.5, 0.6) is 0 Å². The Balaban J connectivity index is 1.50. The second-order valence-electron chi connectivity index (χ2n) is 8.19. The molecule has 4 amide bonds. The van der Waals surface area contributed by atoms with Crippen molar-refractivity contribution in [2.75, 3.05) is 53.6 Å². The second kappa shape index (κ2) is 7.23. The monoisotopic (exact) mass is 364 g/mol. The van der Waals surface area contributed by atoms with Gasteiger partial charge in [0.1, 0.15) is 0 Å². The van der Waals surface area contributed by atoms with Gasteiger partial charge in [-0.15, -0.1) is 0 Å². The number of urea groups is 2. The number of likely N-dealkylation sites (tertiary alicyclic amines) is 2. The second-order valence-corrected chi connectivity index (χ2v) is 8.19. The van der Waals surface area contributed by atoms with Gasteiger partial charge < -0.3 is 9.80 Å². The third-order valence-electron chi connectivity index (χ3n) is 6.40. The summed E-state index contributed by atoms with van der Waals surface area (Å²) in [6.07, 6.45) is 6.96. The van der Waals surface area contributed by atoms with Crippen molar-refractivity contribution in [3.63, 3.8) is 0 Å². The van der Waals surface area contributed by atoms with Crippen LogP contribution in [0.2, 0.25) is 0 Å². The minimum Gasteiger partial charge on any atom is -0.303 e. The van der Waals surface area contributed by atoms with E-state index in [0.717, 1.165) is 26.2 Å². The number of nitrogens with zero attached hydrogens (tertiary/aromatic N) is 6. The fraction of sp³-hybridized carbons (Fsp3) is 0.889. The maximum atomic E-state index is 12.9. The number of piperidine rings is 2. The van der Waals surface area contributed by atoms with Crippen molar-refractivity contribution < 1.29 is 9.59 Å². The first-order valence-electron chi connectivity index (χ1n) is 10.1. The Hall–Kier alpha value is -1.54. The molecule has 0 aromatic heterocycles. The average Bonchev–Trinajstić information content (AvgIpc) is 3.05. The predicted octanol–water partition coefficient (Wildman–Crippen LogP) is 1.26. The van der Waals surface area contributed by atoms with E-state index < -0.39 is 0 Å². The van der Waals surface area contributed by atoms with Crippen molar-refractivity contribution in [1.82, 2.24) is 29.4 Å². The van der Waals surface area contributed by atoms with Crippen LogP contribution in [0.4, 0.5) is 9.59 Å². The number of hydrogen-bond acceptors (Lipinski definition) is 4. The van der Waals surface area contributed by atoms with E-state index in [1.54, 1.807) is 9.80 Å². The van der Waals surface area contributed by atoms with Crippen molar-refractivity contribution >= 4 is 12.1 Å². The first-order valence-corrected chi connectivity index (χ1v) is 10.1. The summed E-state index contributed by atoms with van der Waals surface area (Å²) in [5.74, 6) is 0. The zero-order valence-electron chi connectivity index (χ0n) is 16.1. The van der Waals surface area contributed by atoms with E-state index in [0.29, 0.717) is 13.3 Å². The molecule has 26 heavy (non-hydrogen) atoms. The van der Waals surface area contributed by atoms with E-state index in [-0.39, 0.29) is 24.4 Å². The minimum atomic E-state index is -0.188. The van der Waals surface area contributed by atoms with E-state index in [2.05, 4.69) is 9.80 Å². The topological polar surface area (TPSA) is 53.6 Å². The lowest BCUT2D eigenvalue weighted by atomic mass is 10.1. The molecule has 4 rings (SSSR count). The Kier molecular flexibility index (Phi) is 4.96. The van der Waals surface area contributed by atoms with Crippen LogP contribution in [-0.4, -0.2) is 107 Å². The molecule has 2 atom stereocenters. The Morgan fingerprint density at radius 1 is 0.654 bits per heavy atom. The first-order chi connectivity index (χ1) is 12.6. The summed E-state index contributed by atoms with van der Waals surface area (Å²) in [5, 5.41) is 0. The molecule has 0 unspecified atom stereocenters. The van der Waals surface area contributed by atoms with Crippen LogP contribution in [0.3, 0.4) is 0 Å². The van der Waals surface area contributed by atoms with Crippen LogP contribution in [0.15, 0.2) is 0 Å². The molecule has 0 saturated carbocycles. The molecule has 0 aromatic rings. The zero-order valence-corrected chi connectivity index (χ0v) is 16.1. The lowest BCUT2D eigenvalue weighted by Crippen LogP contribution is -2.50. The standard InChI is InChI=1S/C18H32N6O2/c1-19-15-16(24(17(19)25)14-22-11-7-4-8-12-22)20(2)18(26)23(15)13-21-9-5-3-6-10-21/h15-16H,3-14H2,1-2H3/t15-,16+. The number of carbonyl (C=O) groups excluding carboxylic acids is 2. The third kappa shape index (κ3) is 3.03. The first kappa shape index (κ1) is 17.9. The molecule has 146 valence electrons. The van der Waals surface area contributed by atoms with E-state index in [1.165, 1.54) is 38.5 Å². The summed E-state index contributed by atoms with van der Waals surface area (Å²) in [4.78, 5) is 37.9. The SMILES string of the molecule is CN1C(=O)N(CN2CCCCC2)[C@H]2[C@H]1N(CN1CCCCC1)C(=O)N2C. The number of fused-ring (bicyclic) bond motifs is 1. The van der Waals surface area contributed by atoms with Crippen molar-refractivity contribution in [2.24, 2.45) is 0 Å². The predicted molar refractivity (Wildman–Crippen MR) is 98.2 cm³/mol. The van der Waals surface area contributed by atoms with Crippen LogP contribution in [-0.2, 0) is 0 Å². The number of rotatable bonds is 4. The molecule has 0 radical (unpaired) electrons. The highest BCUT2D eigenvalue weighted by molar-refractivity contribution is 5.84. The molecule has 4 aliphatic heterocycles. The van der Waals surface area contributed by atoms with E-state index in [9.17, 15) is 9.59 Å². The van der Waals surface area contributed by atoms with Crippen molar-refractivity contribution in [3.8, 4) is 0 Å². The van der Waals surface area contributed by atoms with Crippen LogP contribution in [0, 0.1) is 0 Å². The highest BCUT2D eigenvalue weighted by Crippen LogP contribution is 2.34. The van der Waals surface area contributed by atoms with Gasteiger partial charge in [0.05, 0.1) is 13.3 Å². The quantitative estimate of drug-likeness (QED) is 0.754. The molecule has 4 aliphatic rings. The Bertz CT molecular complexity index is 498. The van der Waals surface area contributed by atoms with Gasteiger partial charge in [0.2, 0.25) is 0 Å². The van der Waals surface area contributed by atoms with Gasteiger partial charge in [0.15, 0.2) is 12.3 Å². The van der Waals surface area contributed by atoms with Gasteiger partial charge in [-0.3, -0.25) is 19.6 Å². The molecule has 8 heteroatoms. The molecule has 0 spiro atoms. The van der Waals surface area contributed by atoms with Crippen LogP contribution in [0.1, 0.15) is 38.5 Å². The molecular formula is C18H32N6O2. The third-order valence-corrected chi connectivity index (χ3v) is 6.40. The number of carbonyl (C=O) groups is 2. The van der Waals surface area contributed by atoms with Gasteiger partial charge in [0.25, 0.3) is 0 Å². The summed E-state index contributed by atoms with van der Waals surface area (Å²) in [6.45, 7) is 5.42. The van der Waals surface area contributed by atoms with E-state index in [4.69, 9.17) is 0 Å². The molecule has 0 N–H and O–H groups in total. The van der Waals surface area contributed by atoms with Crippen LogP contribution >= 0.6 is 0 Å². The molecule has 4 heterocycles. The molecule has 0 aromatic carbocycles. The molecule has 0 aliphatic carbocycles. The fourth-order valence-electron chi connectivity index (χ4n) is 4.92. The Morgan fingerprint density at radius 2 is 1.00 bits per heavy atom. The summed E-state index contributed by atoms with van der Waals surface area (Å²) < 4.78 is 0. The van der Waals surface area contributed by atoms with E-state index >= 15 is 0 Å². The average molecular weight is 364 g/mol. The highest BCUT2D eigenvalue weighted by Gasteiger charge is 2.57. The van der Waals surface area contributed by atoms with Crippen molar-refractivity contribution in [3.05, 3.63) is 0 Å². The van der Waals surface area contributed by atoms with Gasteiger partial charge in [-0.05, 0) is 51.9 Å². The van der Waals surface area contributed by atoms with Gasteiger partial charge in [-0.2, -0.15) is 0 Å². The largest absolute Gasteiger partial charge is 0.324 e. The molecule has 8 nitrogen and oxygen atoms in total. The minimum absolute atomic E-state index is 0.0357. The highest BCUT2D eigenvalue weighted by atomic mass is 16.2.